The number of likely N-dealkylation sites (tertiary alicyclic amines) is 1. The zero-order valence-corrected chi connectivity index (χ0v) is 26.6. The van der Waals surface area contributed by atoms with E-state index in [1.54, 1.807) is 65.3 Å². The van der Waals surface area contributed by atoms with Crippen molar-refractivity contribution in [1.29, 1.82) is 0 Å². The maximum absolute atomic E-state index is 13.4. The lowest BCUT2D eigenvalue weighted by molar-refractivity contribution is -0.157. The van der Waals surface area contributed by atoms with Gasteiger partial charge in [0.15, 0.2) is 0 Å². The van der Waals surface area contributed by atoms with Gasteiger partial charge < -0.3 is 20.1 Å². The average molecular weight is 616 g/mol. The van der Waals surface area contributed by atoms with Gasteiger partial charge in [-0.1, -0.05) is 42.5 Å². The predicted octanol–water partition coefficient (Wildman–Crippen LogP) is 5.01. The van der Waals surface area contributed by atoms with Crippen LogP contribution in [0, 0.1) is 5.92 Å². The number of hydrogen-bond acceptors (Lipinski definition) is 7. The van der Waals surface area contributed by atoms with Crippen molar-refractivity contribution in [3.63, 3.8) is 0 Å². The second-order valence-electron chi connectivity index (χ2n) is 11.9. The molecule has 1 saturated heterocycles. The van der Waals surface area contributed by atoms with E-state index in [4.69, 9.17) is 9.47 Å². The van der Waals surface area contributed by atoms with Crippen LogP contribution in [0.25, 0.3) is 0 Å². The summed E-state index contributed by atoms with van der Waals surface area (Å²) in [7, 11) is 1.58. The molecule has 5 amide bonds. The van der Waals surface area contributed by atoms with Gasteiger partial charge in [0.2, 0.25) is 11.8 Å². The molecule has 11 heteroatoms. The van der Waals surface area contributed by atoms with E-state index >= 15 is 0 Å². The van der Waals surface area contributed by atoms with Gasteiger partial charge in [0, 0.05) is 12.7 Å². The lowest BCUT2D eigenvalue weighted by Gasteiger charge is -2.44. The molecule has 1 aliphatic rings. The number of urea groups is 1. The number of anilines is 1. The topological polar surface area (TPSA) is 130 Å². The molecule has 0 bridgehead atoms. The van der Waals surface area contributed by atoms with Gasteiger partial charge in [-0.15, -0.1) is 0 Å². The molecule has 0 saturated carbocycles. The van der Waals surface area contributed by atoms with E-state index in [1.165, 1.54) is 4.90 Å². The zero-order chi connectivity index (χ0) is 32.7. The Bertz CT molecular complexity index is 1510. The van der Waals surface area contributed by atoms with Crippen molar-refractivity contribution < 1.29 is 28.7 Å². The number of ether oxygens (including phenoxy) is 2. The standard InChI is InChI=1S/C34H41N5O6/c1-7-35-30(40)29-27(31(41)39(29)32(42)37-22(2)25-11-9-8-10-12-25)19-24-17-18-36-28(20-24)38(33(43)45-34(3,4)5)21-23-13-15-26(44-6)16-14-23/h8-18,20,22,27,29H,7,19,21H2,1-6H3,(H,35,40)(H,37,42)/t22-,27-,29+/m1/s1. The molecule has 238 valence electrons. The molecule has 2 heterocycles. The molecule has 0 unspecified atom stereocenters. The number of rotatable bonds is 10. The van der Waals surface area contributed by atoms with Crippen molar-refractivity contribution in [2.45, 2.75) is 65.3 Å². The number of amides is 5. The van der Waals surface area contributed by atoms with Crippen molar-refractivity contribution >= 4 is 29.8 Å². The molecule has 3 aromatic rings. The minimum atomic E-state index is -0.988. The van der Waals surface area contributed by atoms with Crippen LogP contribution in [0.1, 0.15) is 57.4 Å². The number of nitrogens with zero attached hydrogens (tertiary/aromatic N) is 3. The highest BCUT2D eigenvalue weighted by Crippen LogP contribution is 2.32. The second-order valence-corrected chi connectivity index (χ2v) is 11.9. The molecule has 3 atom stereocenters. The van der Waals surface area contributed by atoms with Crippen LogP contribution in [-0.2, 0) is 27.3 Å². The second kappa shape index (κ2) is 14.2. The molecular formula is C34H41N5O6. The van der Waals surface area contributed by atoms with Crippen LogP contribution in [0.2, 0.25) is 0 Å². The number of pyridine rings is 1. The third-order valence-electron chi connectivity index (χ3n) is 7.35. The van der Waals surface area contributed by atoms with Crippen LogP contribution in [0.4, 0.5) is 15.4 Å². The number of nitrogens with one attached hydrogen (secondary N) is 2. The summed E-state index contributed by atoms with van der Waals surface area (Å²) < 4.78 is 10.9. The number of likely N-dealkylation sites (N-methyl/N-ethyl adjacent to an activating group) is 1. The summed E-state index contributed by atoms with van der Waals surface area (Å²) in [6.45, 7) is 9.47. The summed E-state index contributed by atoms with van der Waals surface area (Å²) in [4.78, 5) is 59.9. The summed E-state index contributed by atoms with van der Waals surface area (Å²) in [6.07, 6.45) is 1.13. The van der Waals surface area contributed by atoms with Crippen LogP contribution in [0.15, 0.2) is 72.9 Å². The van der Waals surface area contributed by atoms with E-state index < -0.39 is 41.5 Å². The first-order valence-corrected chi connectivity index (χ1v) is 15.0. The highest BCUT2D eigenvalue weighted by molar-refractivity contribution is 6.09. The van der Waals surface area contributed by atoms with E-state index in [-0.39, 0.29) is 19.0 Å². The Kier molecular flexibility index (Phi) is 10.4. The molecule has 2 aromatic carbocycles. The van der Waals surface area contributed by atoms with Crippen LogP contribution in [-0.4, -0.2) is 59.1 Å². The number of carbonyl (C=O) groups is 4. The molecule has 11 nitrogen and oxygen atoms in total. The molecule has 0 radical (unpaired) electrons. The van der Waals surface area contributed by atoms with Crippen molar-refractivity contribution in [3.05, 3.63) is 89.6 Å². The Morgan fingerprint density at radius 2 is 1.71 bits per heavy atom. The predicted molar refractivity (Wildman–Crippen MR) is 170 cm³/mol. The van der Waals surface area contributed by atoms with Crippen LogP contribution in [0.5, 0.6) is 5.75 Å². The van der Waals surface area contributed by atoms with Gasteiger partial charge in [0.25, 0.3) is 0 Å². The minimum absolute atomic E-state index is 0.166. The Morgan fingerprint density at radius 1 is 1.02 bits per heavy atom. The molecule has 0 spiro atoms. The number of methoxy groups -OCH3 is 1. The molecular weight excluding hydrogens is 574 g/mol. The Morgan fingerprint density at radius 3 is 2.33 bits per heavy atom. The summed E-state index contributed by atoms with van der Waals surface area (Å²) in [5.41, 5.74) is 1.63. The molecule has 1 aliphatic heterocycles. The molecule has 0 aliphatic carbocycles. The Labute approximate surface area is 263 Å². The smallest absolute Gasteiger partial charge is 0.416 e. The van der Waals surface area contributed by atoms with Crippen LogP contribution in [0.3, 0.4) is 0 Å². The van der Waals surface area contributed by atoms with E-state index in [0.717, 1.165) is 16.0 Å². The third kappa shape index (κ3) is 8.17. The van der Waals surface area contributed by atoms with Gasteiger partial charge >= 0.3 is 12.1 Å². The van der Waals surface area contributed by atoms with Gasteiger partial charge in [0.05, 0.1) is 25.6 Å². The zero-order valence-electron chi connectivity index (χ0n) is 26.6. The molecule has 1 fully saturated rings. The fourth-order valence-corrected chi connectivity index (χ4v) is 5.09. The maximum atomic E-state index is 13.4. The fraction of sp³-hybridized carbons (Fsp3) is 0.382. The molecule has 2 N–H and O–H groups in total. The van der Waals surface area contributed by atoms with Crippen molar-refractivity contribution in [2.75, 3.05) is 18.6 Å². The van der Waals surface area contributed by atoms with Crippen LogP contribution >= 0.6 is 0 Å². The van der Waals surface area contributed by atoms with Gasteiger partial charge in [-0.2, -0.15) is 0 Å². The third-order valence-corrected chi connectivity index (χ3v) is 7.35. The monoisotopic (exact) mass is 615 g/mol. The summed E-state index contributed by atoms with van der Waals surface area (Å²) >= 11 is 0. The van der Waals surface area contributed by atoms with E-state index in [0.29, 0.717) is 23.7 Å². The van der Waals surface area contributed by atoms with Crippen molar-refractivity contribution in [1.82, 2.24) is 20.5 Å². The van der Waals surface area contributed by atoms with E-state index in [9.17, 15) is 19.2 Å². The average Bonchev–Trinajstić information content (AvgIpc) is 3.01. The number of imide groups is 1. The number of benzene rings is 2. The largest absolute Gasteiger partial charge is 0.497 e. The maximum Gasteiger partial charge on any atom is 0.416 e. The van der Waals surface area contributed by atoms with Crippen molar-refractivity contribution in [3.8, 4) is 5.75 Å². The quantitative estimate of drug-likeness (QED) is 0.307. The Hall–Kier alpha value is -4.93. The lowest BCUT2D eigenvalue weighted by Crippen LogP contribution is -2.70. The summed E-state index contributed by atoms with van der Waals surface area (Å²) in [5, 5.41) is 5.59. The first kappa shape index (κ1) is 33.0. The number of carbonyl (C=O) groups excluding carboxylic acids is 4. The van der Waals surface area contributed by atoms with Crippen molar-refractivity contribution in [2.24, 2.45) is 5.92 Å². The minimum Gasteiger partial charge on any atom is -0.497 e. The highest BCUT2D eigenvalue weighted by Gasteiger charge is 2.54. The molecule has 45 heavy (non-hydrogen) atoms. The van der Waals surface area contributed by atoms with Gasteiger partial charge in [-0.3, -0.25) is 19.4 Å². The highest BCUT2D eigenvalue weighted by atomic mass is 16.6. The fourth-order valence-electron chi connectivity index (χ4n) is 5.09. The van der Waals surface area contributed by atoms with E-state index in [1.807, 2.05) is 49.4 Å². The molecule has 1 aromatic heterocycles. The Balaban J connectivity index is 1.56. The molecule has 4 rings (SSSR count). The first-order chi connectivity index (χ1) is 21.4. The van der Waals surface area contributed by atoms with Crippen LogP contribution < -0.4 is 20.3 Å². The van der Waals surface area contributed by atoms with Gasteiger partial charge in [-0.05, 0) is 82.0 Å². The normalized spacial score (nSPS) is 16.7. The first-order valence-electron chi connectivity index (χ1n) is 15.0. The summed E-state index contributed by atoms with van der Waals surface area (Å²) in [6, 6.07) is 18.1. The SMILES string of the molecule is CCNC(=O)[C@@H]1[C@@H](Cc2ccnc(N(Cc3ccc(OC)cc3)C(=O)OC(C)(C)C)c2)C(=O)N1C(=O)N[C@H](C)c1ccccc1. The van der Waals surface area contributed by atoms with E-state index in [2.05, 4.69) is 15.6 Å². The van der Waals surface area contributed by atoms with Gasteiger partial charge in [0.1, 0.15) is 23.2 Å². The lowest BCUT2D eigenvalue weighted by atomic mass is 9.82. The summed E-state index contributed by atoms with van der Waals surface area (Å²) in [5.74, 6) is -0.628. The number of hydrogen-bond donors (Lipinski definition) is 2. The number of aromatic nitrogens is 1. The van der Waals surface area contributed by atoms with Gasteiger partial charge in [-0.25, -0.2) is 14.6 Å². The number of β-lactam (4-membered cyclic amide) rings is 1.